The molecule has 7 nitrogen and oxygen atoms in total. The SMILES string of the molecule is CNC(CCn1c(=O)cc(C(F)(F)F)[nH]c1=O)C(N)=O. The molecule has 0 fully saturated rings. The maximum Gasteiger partial charge on any atom is 0.431 e. The van der Waals surface area contributed by atoms with Gasteiger partial charge in [0.2, 0.25) is 5.91 Å². The van der Waals surface area contributed by atoms with Gasteiger partial charge in [-0.25, -0.2) is 4.79 Å². The van der Waals surface area contributed by atoms with Crippen molar-refractivity contribution in [3.8, 4) is 0 Å². The predicted molar refractivity (Wildman–Crippen MR) is 63.0 cm³/mol. The van der Waals surface area contributed by atoms with Crippen LogP contribution in [-0.4, -0.2) is 28.5 Å². The molecule has 1 atom stereocenters. The number of aromatic amines is 1. The molecule has 0 aromatic carbocycles. The Morgan fingerprint density at radius 2 is 2.10 bits per heavy atom. The molecule has 1 heterocycles. The van der Waals surface area contributed by atoms with Crippen LogP contribution in [0.4, 0.5) is 13.2 Å². The number of halogens is 3. The van der Waals surface area contributed by atoms with E-state index < -0.39 is 35.1 Å². The van der Waals surface area contributed by atoms with Gasteiger partial charge in [0.1, 0.15) is 5.69 Å². The van der Waals surface area contributed by atoms with Gasteiger partial charge in [0.25, 0.3) is 5.56 Å². The van der Waals surface area contributed by atoms with E-state index in [4.69, 9.17) is 5.73 Å². The Balaban J connectivity index is 3.02. The summed E-state index contributed by atoms with van der Waals surface area (Å²) in [5.41, 5.74) is 1.34. The van der Waals surface area contributed by atoms with Crippen molar-refractivity contribution < 1.29 is 18.0 Å². The Bertz CT molecular complexity index is 574. The Morgan fingerprint density at radius 1 is 1.50 bits per heavy atom. The molecular formula is C10H13F3N4O3. The fourth-order valence-electron chi connectivity index (χ4n) is 1.57. The zero-order valence-corrected chi connectivity index (χ0v) is 10.5. The summed E-state index contributed by atoms with van der Waals surface area (Å²) in [5.74, 6) is -0.691. The van der Waals surface area contributed by atoms with Gasteiger partial charge in [-0.1, -0.05) is 0 Å². The van der Waals surface area contributed by atoms with E-state index in [0.717, 1.165) is 0 Å². The maximum absolute atomic E-state index is 12.4. The standard InChI is InChI=1S/C10H13F3N4O3/c1-15-5(8(14)19)2-3-17-7(18)4-6(10(11,12)13)16-9(17)20/h4-5,15H,2-3H2,1H3,(H2,14,19)(H,16,20). The number of nitrogens with one attached hydrogen (secondary N) is 2. The van der Waals surface area contributed by atoms with Crippen LogP contribution in [-0.2, 0) is 17.5 Å². The Hall–Kier alpha value is -2.10. The van der Waals surface area contributed by atoms with Crippen molar-refractivity contribution in [3.05, 3.63) is 32.6 Å². The van der Waals surface area contributed by atoms with E-state index in [1.54, 1.807) is 4.98 Å². The molecule has 0 aliphatic heterocycles. The van der Waals surface area contributed by atoms with Crippen LogP contribution >= 0.6 is 0 Å². The van der Waals surface area contributed by atoms with Crippen molar-refractivity contribution in [1.29, 1.82) is 0 Å². The van der Waals surface area contributed by atoms with Gasteiger partial charge in [0.15, 0.2) is 0 Å². The number of amides is 1. The van der Waals surface area contributed by atoms with Crippen LogP contribution in [0.1, 0.15) is 12.1 Å². The number of likely N-dealkylation sites (N-methyl/N-ethyl adjacent to an activating group) is 1. The smallest absolute Gasteiger partial charge is 0.368 e. The topological polar surface area (TPSA) is 110 Å². The lowest BCUT2D eigenvalue weighted by molar-refractivity contribution is -0.141. The highest BCUT2D eigenvalue weighted by atomic mass is 19.4. The third-order valence-electron chi connectivity index (χ3n) is 2.66. The lowest BCUT2D eigenvalue weighted by Crippen LogP contribution is -2.43. The normalized spacial score (nSPS) is 13.2. The largest absolute Gasteiger partial charge is 0.431 e. The second kappa shape index (κ2) is 5.90. The second-order valence-electron chi connectivity index (χ2n) is 4.01. The number of alkyl halides is 3. The van der Waals surface area contributed by atoms with E-state index in [-0.39, 0.29) is 13.0 Å². The number of rotatable bonds is 5. The van der Waals surface area contributed by atoms with Crippen molar-refractivity contribution in [3.63, 3.8) is 0 Å². The molecule has 1 amide bonds. The average molecular weight is 294 g/mol. The maximum atomic E-state index is 12.4. The monoisotopic (exact) mass is 294 g/mol. The van der Waals surface area contributed by atoms with Crippen molar-refractivity contribution in [2.45, 2.75) is 25.2 Å². The Kier molecular flexibility index (Phi) is 4.71. The first-order chi connectivity index (χ1) is 9.16. The summed E-state index contributed by atoms with van der Waals surface area (Å²) in [6.07, 6.45) is -4.81. The molecule has 0 spiro atoms. The zero-order valence-electron chi connectivity index (χ0n) is 10.5. The number of nitrogens with zero attached hydrogens (tertiary/aromatic N) is 1. The summed E-state index contributed by atoms with van der Waals surface area (Å²) in [5, 5.41) is 2.56. The molecule has 0 aliphatic rings. The molecule has 0 bridgehead atoms. The van der Waals surface area contributed by atoms with Crippen molar-refractivity contribution in [1.82, 2.24) is 14.9 Å². The number of nitrogens with two attached hydrogens (primary N) is 1. The van der Waals surface area contributed by atoms with E-state index in [0.29, 0.717) is 10.6 Å². The van der Waals surface area contributed by atoms with Crippen LogP contribution in [0.15, 0.2) is 15.7 Å². The lowest BCUT2D eigenvalue weighted by Gasteiger charge is -2.13. The number of hydrogen-bond donors (Lipinski definition) is 3. The lowest BCUT2D eigenvalue weighted by atomic mass is 10.2. The molecule has 1 aromatic heterocycles. The highest BCUT2D eigenvalue weighted by molar-refractivity contribution is 5.79. The van der Waals surface area contributed by atoms with Gasteiger partial charge in [-0.05, 0) is 13.5 Å². The summed E-state index contributed by atoms with van der Waals surface area (Å²) >= 11 is 0. The van der Waals surface area contributed by atoms with E-state index in [1.807, 2.05) is 0 Å². The van der Waals surface area contributed by atoms with Crippen LogP contribution in [0.5, 0.6) is 0 Å². The molecule has 0 saturated heterocycles. The van der Waals surface area contributed by atoms with Gasteiger partial charge in [-0.2, -0.15) is 13.2 Å². The van der Waals surface area contributed by atoms with E-state index >= 15 is 0 Å². The number of carbonyl (C=O) groups is 1. The Labute approximate surface area is 110 Å². The van der Waals surface area contributed by atoms with E-state index in [2.05, 4.69) is 5.32 Å². The van der Waals surface area contributed by atoms with Gasteiger partial charge in [0, 0.05) is 12.6 Å². The third kappa shape index (κ3) is 3.70. The number of H-pyrrole nitrogens is 1. The van der Waals surface area contributed by atoms with Crippen LogP contribution in [0.2, 0.25) is 0 Å². The first kappa shape index (κ1) is 16.0. The second-order valence-corrected chi connectivity index (χ2v) is 4.01. The van der Waals surface area contributed by atoms with Crippen molar-refractivity contribution in [2.75, 3.05) is 7.05 Å². The molecule has 0 saturated carbocycles. The van der Waals surface area contributed by atoms with Crippen molar-refractivity contribution in [2.24, 2.45) is 5.73 Å². The Morgan fingerprint density at radius 3 is 2.50 bits per heavy atom. The third-order valence-corrected chi connectivity index (χ3v) is 2.66. The van der Waals surface area contributed by atoms with Gasteiger partial charge in [-0.15, -0.1) is 0 Å². The van der Waals surface area contributed by atoms with Gasteiger partial charge < -0.3 is 16.0 Å². The summed E-state index contributed by atoms with van der Waals surface area (Å²) < 4.78 is 37.7. The van der Waals surface area contributed by atoms with Gasteiger partial charge in [-0.3, -0.25) is 14.2 Å². The summed E-state index contributed by atoms with van der Waals surface area (Å²) in [7, 11) is 1.45. The molecule has 0 aliphatic carbocycles. The molecule has 20 heavy (non-hydrogen) atoms. The van der Waals surface area contributed by atoms with Crippen LogP contribution in [0, 0.1) is 0 Å². The fourth-order valence-corrected chi connectivity index (χ4v) is 1.57. The molecule has 112 valence electrons. The number of aromatic nitrogens is 2. The minimum atomic E-state index is -4.81. The number of primary amides is 1. The van der Waals surface area contributed by atoms with Crippen LogP contribution in [0.25, 0.3) is 0 Å². The molecule has 0 radical (unpaired) electrons. The summed E-state index contributed by atoms with van der Waals surface area (Å²) in [6.45, 7) is -0.235. The van der Waals surface area contributed by atoms with Crippen LogP contribution < -0.4 is 22.3 Å². The van der Waals surface area contributed by atoms with Gasteiger partial charge >= 0.3 is 11.9 Å². The molecule has 1 rings (SSSR count). The first-order valence-electron chi connectivity index (χ1n) is 5.54. The molecule has 1 aromatic rings. The molecule has 10 heteroatoms. The highest BCUT2D eigenvalue weighted by Crippen LogP contribution is 2.25. The highest BCUT2D eigenvalue weighted by Gasteiger charge is 2.32. The fraction of sp³-hybridized carbons (Fsp3) is 0.500. The van der Waals surface area contributed by atoms with Gasteiger partial charge in [0.05, 0.1) is 6.04 Å². The molecule has 1 unspecified atom stereocenters. The van der Waals surface area contributed by atoms with Crippen LogP contribution in [0.3, 0.4) is 0 Å². The zero-order chi connectivity index (χ0) is 15.5. The number of carbonyl (C=O) groups excluding carboxylic acids is 1. The summed E-state index contributed by atoms with van der Waals surface area (Å²) in [6, 6.07) is -0.497. The minimum absolute atomic E-state index is 0.000183. The number of hydrogen-bond acceptors (Lipinski definition) is 4. The average Bonchev–Trinajstić information content (AvgIpc) is 2.30. The summed E-state index contributed by atoms with van der Waals surface area (Å²) in [4.78, 5) is 35.5. The quantitative estimate of drug-likeness (QED) is 0.648. The van der Waals surface area contributed by atoms with E-state index in [1.165, 1.54) is 7.05 Å². The minimum Gasteiger partial charge on any atom is -0.368 e. The molecular weight excluding hydrogens is 281 g/mol. The van der Waals surface area contributed by atoms with E-state index in [9.17, 15) is 27.6 Å². The predicted octanol–water partition coefficient (Wildman–Crippen LogP) is -0.981. The first-order valence-corrected chi connectivity index (χ1v) is 5.54. The van der Waals surface area contributed by atoms with Crippen molar-refractivity contribution >= 4 is 5.91 Å². The molecule has 4 N–H and O–H groups in total.